The molecular weight excluding hydrogens is 576 g/mol. The number of ketones is 1. The SMILES string of the molecule is CCCCCCOC(C)c1cc2[nH]c1CC1N=C(C=c3[nH]c4c(c3C)C(=O)CC=4C3=N/C(=C\2)C(C)[C@@H]3CCC(=O)O)C(CC)=C1C. The minimum atomic E-state index is -0.823. The van der Waals surface area contributed by atoms with Gasteiger partial charge in [-0.2, -0.15) is 0 Å². The van der Waals surface area contributed by atoms with Gasteiger partial charge in [-0.15, -0.1) is 0 Å². The highest BCUT2D eigenvalue weighted by molar-refractivity contribution is 6.29. The number of aromatic nitrogens is 2. The number of aliphatic carboxylic acids is 1. The average molecular weight is 625 g/mol. The van der Waals surface area contributed by atoms with Gasteiger partial charge in [-0.05, 0) is 75.0 Å². The molecule has 0 fully saturated rings. The third-order valence-electron chi connectivity index (χ3n) is 10.5. The number of carboxylic acid groups (broad SMARTS) is 1. The number of aliphatic imine (C=N–C) groups is 2. The van der Waals surface area contributed by atoms with Crippen LogP contribution in [0.25, 0.3) is 17.7 Å². The normalized spacial score (nSPS) is 23.8. The average Bonchev–Trinajstić information content (AvgIpc) is 3.79. The summed E-state index contributed by atoms with van der Waals surface area (Å²) in [4.78, 5) is 42.9. The van der Waals surface area contributed by atoms with Crippen molar-refractivity contribution in [3.8, 4) is 0 Å². The molecule has 244 valence electrons. The summed E-state index contributed by atoms with van der Waals surface area (Å²) >= 11 is 0. The van der Waals surface area contributed by atoms with Gasteiger partial charge in [0, 0.05) is 76.8 Å². The summed E-state index contributed by atoms with van der Waals surface area (Å²) < 4.78 is 6.38. The summed E-state index contributed by atoms with van der Waals surface area (Å²) in [6.45, 7) is 13.6. The number of rotatable bonds is 11. The molecule has 46 heavy (non-hydrogen) atoms. The largest absolute Gasteiger partial charge is 0.481 e. The van der Waals surface area contributed by atoms with Crippen LogP contribution in [0.15, 0.2) is 32.9 Å². The van der Waals surface area contributed by atoms with Crippen molar-refractivity contribution in [1.29, 1.82) is 0 Å². The molecule has 3 unspecified atom stereocenters. The molecule has 5 heterocycles. The molecule has 0 radical (unpaired) electrons. The number of H-pyrrole nitrogens is 2. The van der Waals surface area contributed by atoms with E-state index in [2.05, 4.69) is 62.8 Å². The fraction of sp³-hybridized carbons (Fsp3) is 0.526. The van der Waals surface area contributed by atoms with Gasteiger partial charge in [0.1, 0.15) is 0 Å². The number of Topliss-reactive ketones (excluding diaryl/α,β-unsaturated/α-hetero) is 1. The molecule has 0 saturated carbocycles. The van der Waals surface area contributed by atoms with Crippen LogP contribution < -0.4 is 10.7 Å². The zero-order valence-electron chi connectivity index (χ0n) is 28.2. The number of nitrogens with one attached hydrogen (secondary N) is 2. The van der Waals surface area contributed by atoms with Crippen LogP contribution in [-0.4, -0.2) is 50.9 Å². The third kappa shape index (κ3) is 5.92. The van der Waals surface area contributed by atoms with Crippen LogP contribution in [0.1, 0.15) is 125 Å². The molecule has 0 amide bonds. The molecule has 8 bridgehead atoms. The van der Waals surface area contributed by atoms with Gasteiger partial charge < -0.3 is 19.8 Å². The van der Waals surface area contributed by atoms with Crippen molar-refractivity contribution < 1.29 is 19.4 Å². The number of fused-ring (bicyclic) bond motifs is 6. The van der Waals surface area contributed by atoms with Crippen molar-refractivity contribution in [2.24, 2.45) is 21.8 Å². The number of allylic oxidation sites excluding steroid dienone is 2. The molecule has 8 nitrogen and oxygen atoms in total. The van der Waals surface area contributed by atoms with Gasteiger partial charge >= 0.3 is 5.97 Å². The fourth-order valence-corrected chi connectivity index (χ4v) is 7.82. The highest BCUT2D eigenvalue weighted by Crippen LogP contribution is 2.40. The summed E-state index contributed by atoms with van der Waals surface area (Å²) in [5.74, 6) is -0.837. The molecular formula is C38H48N4O4. The number of carbonyl (C=O) groups excluding carboxylic acids is 1. The van der Waals surface area contributed by atoms with Crippen molar-refractivity contribution in [3.05, 3.63) is 61.7 Å². The monoisotopic (exact) mass is 624 g/mol. The van der Waals surface area contributed by atoms with E-state index in [0.717, 1.165) is 87.3 Å². The molecule has 1 aliphatic carbocycles. The lowest BCUT2D eigenvalue weighted by molar-refractivity contribution is -0.137. The molecule has 3 aliphatic heterocycles. The van der Waals surface area contributed by atoms with Crippen molar-refractivity contribution in [1.82, 2.24) is 9.97 Å². The Bertz CT molecular complexity index is 1810. The maximum absolute atomic E-state index is 13.5. The molecule has 0 spiro atoms. The van der Waals surface area contributed by atoms with Crippen molar-refractivity contribution in [2.45, 2.75) is 111 Å². The lowest BCUT2D eigenvalue weighted by Gasteiger charge is -2.18. The van der Waals surface area contributed by atoms with Crippen LogP contribution in [0.4, 0.5) is 0 Å². The predicted octanol–water partition coefficient (Wildman–Crippen LogP) is 6.55. The molecule has 0 aromatic carbocycles. The molecule has 4 aliphatic rings. The van der Waals surface area contributed by atoms with Crippen LogP contribution in [0, 0.1) is 18.8 Å². The molecule has 2 aromatic rings. The van der Waals surface area contributed by atoms with E-state index in [9.17, 15) is 14.7 Å². The zero-order valence-corrected chi connectivity index (χ0v) is 28.2. The van der Waals surface area contributed by atoms with Gasteiger partial charge in [0.15, 0.2) is 5.78 Å². The molecule has 8 heteroatoms. The Hall–Kier alpha value is -3.78. The Labute approximate surface area is 271 Å². The van der Waals surface area contributed by atoms with Gasteiger partial charge in [-0.25, -0.2) is 0 Å². The molecule has 4 atom stereocenters. The number of hydrogen-bond donors (Lipinski definition) is 3. The van der Waals surface area contributed by atoms with E-state index in [1.807, 2.05) is 6.92 Å². The van der Waals surface area contributed by atoms with Crippen molar-refractivity contribution in [2.75, 3.05) is 6.61 Å². The number of hydrogen-bond acceptors (Lipinski definition) is 5. The first-order valence-electron chi connectivity index (χ1n) is 17.2. The Balaban J connectivity index is 1.51. The lowest BCUT2D eigenvalue weighted by Crippen LogP contribution is -2.23. The van der Waals surface area contributed by atoms with Crippen LogP contribution in [-0.2, 0) is 16.0 Å². The van der Waals surface area contributed by atoms with E-state index in [1.165, 1.54) is 30.4 Å². The first-order chi connectivity index (χ1) is 22.1. The summed E-state index contributed by atoms with van der Waals surface area (Å²) in [7, 11) is 0. The Morgan fingerprint density at radius 2 is 1.96 bits per heavy atom. The van der Waals surface area contributed by atoms with Crippen molar-refractivity contribution >= 4 is 40.9 Å². The quantitative estimate of drug-likeness (QED) is 0.246. The molecule has 2 aromatic heterocycles. The third-order valence-corrected chi connectivity index (χ3v) is 10.5. The first-order valence-corrected chi connectivity index (χ1v) is 17.2. The molecule has 3 N–H and O–H groups in total. The Kier molecular flexibility index (Phi) is 9.19. The van der Waals surface area contributed by atoms with Gasteiger partial charge in [-0.3, -0.25) is 19.6 Å². The Morgan fingerprint density at radius 1 is 1.15 bits per heavy atom. The summed E-state index contributed by atoms with van der Waals surface area (Å²) in [6.07, 6.45) is 11.2. The summed E-state index contributed by atoms with van der Waals surface area (Å²) in [5, 5.41) is 11.3. The minimum Gasteiger partial charge on any atom is -0.481 e. The number of aromatic amines is 2. The summed E-state index contributed by atoms with van der Waals surface area (Å²) in [6, 6.07) is 2.20. The van der Waals surface area contributed by atoms with E-state index in [0.29, 0.717) is 6.42 Å². The van der Waals surface area contributed by atoms with Crippen LogP contribution in [0.5, 0.6) is 0 Å². The van der Waals surface area contributed by atoms with Crippen LogP contribution >= 0.6 is 0 Å². The lowest BCUT2D eigenvalue weighted by atomic mass is 9.83. The maximum Gasteiger partial charge on any atom is 0.303 e. The number of ether oxygens (including phenoxy) is 1. The van der Waals surface area contributed by atoms with Crippen LogP contribution in [0.3, 0.4) is 0 Å². The zero-order chi connectivity index (χ0) is 32.7. The van der Waals surface area contributed by atoms with Crippen molar-refractivity contribution in [3.63, 3.8) is 0 Å². The van der Waals surface area contributed by atoms with Gasteiger partial charge in [0.25, 0.3) is 0 Å². The van der Waals surface area contributed by atoms with E-state index < -0.39 is 5.97 Å². The van der Waals surface area contributed by atoms with Gasteiger partial charge in [0.05, 0.1) is 28.9 Å². The number of unbranched alkanes of at least 4 members (excludes halogenated alkanes) is 3. The van der Waals surface area contributed by atoms with E-state index in [4.69, 9.17) is 14.7 Å². The number of carboxylic acids is 1. The predicted molar refractivity (Wildman–Crippen MR) is 184 cm³/mol. The second kappa shape index (κ2) is 13.1. The fourth-order valence-electron chi connectivity index (χ4n) is 7.82. The maximum atomic E-state index is 13.5. The number of carbonyl (C=O) groups is 2. The molecule has 6 rings (SSSR count). The minimum absolute atomic E-state index is 0.0000695. The highest BCUT2D eigenvalue weighted by Gasteiger charge is 2.38. The highest BCUT2D eigenvalue weighted by atomic mass is 16.5. The smallest absolute Gasteiger partial charge is 0.303 e. The summed E-state index contributed by atoms with van der Waals surface area (Å²) in [5.41, 5.74) is 11.0. The Morgan fingerprint density at radius 3 is 2.70 bits per heavy atom. The van der Waals surface area contributed by atoms with Crippen LogP contribution in [0.2, 0.25) is 0 Å². The van der Waals surface area contributed by atoms with Gasteiger partial charge in [0.2, 0.25) is 0 Å². The second-order valence-corrected chi connectivity index (χ2v) is 13.5. The second-order valence-electron chi connectivity index (χ2n) is 13.5. The number of nitrogens with zero attached hydrogens (tertiary/aromatic N) is 2. The van der Waals surface area contributed by atoms with E-state index in [1.54, 1.807) is 0 Å². The van der Waals surface area contributed by atoms with E-state index >= 15 is 0 Å². The van der Waals surface area contributed by atoms with Gasteiger partial charge in [-0.1, -0.05) is 40.0 Å². The topological polar surface area (TPSA) is 120 Å². The first kappa shape index (κ1) is 32.2. The standard InChI is InChI=1S/C38H48N4O4/c1-7-9-10-11-14-46-23(6)27-15-24-16-29-21(4)26(12-13-35(44)45)37(41-29)28-17-34(43)36-22(5)31(42-38(28)36)19-32-25(8-2)20(3)30(40-32)18-33(27)39-24/h15-16,19,21,23,26,30,39,42H,7-14,17-18H2,1-6H3,(H,44,45)/b29-16-,31-19?/t21?,23?,26-,30?/m0/s1. The van der Waals surface area contributed by atoms with E-state index in [-0.39, 0.29) is 42.6 Å². The molecule has 0 saturated heterocycles.